The van der Waals surface area contributed by atoms with Crippen molar-refractivity contribution in [2.45, 2.75) is 71.4 Å². The van der Waals surface area contributed by atoms with Crippen molar-refractivity contribution in [3.63, 3.8) is 0 Å². The molecule has 0 radical (unpaired) electrons. The molecule has 0 N–H and O–H groups in total. The third-order valence-corrected chi connectivity index (χ3v) is 3.61. The van der Waals surface area contributed by atoms with Crippen LogP contribution in [0.15, 0.2) is 0 Å². The quantitative estimate of drug-likeness (QED) is 0.696. The van der Waals surface area contributed by atoms with Crippen LogP contribution in [0.2, 0.25) is 0 Å². The van der Waals surface area contributed by atoms with E-state index in [1.807, 2.05) is 6.92 Å². The fourth-order valence-corrected chi connectivity index (χ4v) is 2.66. The van der Waals surface area contributed by atoms with Gasteiger partial charge in [-0.2, -0.15) is 0 Å². The highest BCUT2D eigenvalue weighted by Crippen LogP contribution is 2.23. The lowest BCUT2D eigenvalue weighted by atomic mass is 9.95. The van der Waals surface area contributed by atoms with Gasteiger partial charge >= 0.3 is 0 Å². The predicted octanol–water partition coefficient (Wildman–Crippen LogP) is 3.01. The van der Waals surface area contributed by atoms with E-state index < -0.39 is 0 Å². The van der Waals surface area contributed by atoms with Crippen molar-refractivity contribution in [3.8, 4) is 0 Å². The lowest BCUT2D eigenvalue weighted by Crippen LogP contribution is -2.48. The van der Waals surface area contributed by atoms with Crippen LogP contribution in [0.3, 0.4) is 0 Å². The molecule has 0 bridgehead atoms. The molecule has 0 aliphatic carbocycles. The molecule has 1 fully saturated rings. The summed E-state index contributed by atoms with van der Waals surface area (Å²) in [6.45, 7) is 7.41. The lowest BCUT2D eigenvalue weighted by molar-refractivity contribution is -0.125. The molecular formula is C13H25NO. The molecule has 2 heteroatoms. The molecule has 2 atom stereocenters. The Balaban J connectivity index is 2.58. The second-order valence-electron chi connectivity index (χ2n) is 4.67. The van der Waals surface area contributed by atoms with E-state index in [4.69, 9.17) is 0 Å². The fourth-order valence-electron chi connectivity index (χ4n) is 2.66. The lowest BCUT2D eigenvalue weighted by Gasteiger charge is -2.39. The van der Waals surface area contributed by atoms with Gasteiger partial charge in [0, 0.05) is 12.5 Å². The second kappa shape index (κ2) is 6.26. The van der Waals surface area contributed by atoms with Gasteiger partial charge in [0.05, 0.1) is 6.04 Å². The highest BCUT2D eigenvalue weighted by atomic mass is 16.1. The van der Waals surface area contributed by atoms with Gasteiger partial charge in [-0.1, -0.05) is 26.7 Å². The zero-order valence-electron chi connectivity index (χ0n) is 10.5. The summed E-state index contributed by atoms with van der Waals surface area (Å²) in [6.07, 6.45) is 7.05. The topological polar surface area (TPSA) is 20.3 Å². The summed E-state index contributed by atoms with van der Waals surface area (Å²) in [7, 11) is 0. The van der Waals surface area contributed by atoms with Crippen molar-refractivity contribution in [3.05, 3.63) is 0 Å². The van der Waals surface area contributed by atoms with E-state index >= 15 is 0 Å². The Morgan fingerprint density at radius 1 is 1.40 bits per heavy atom. The van der Waals surface area contributed by atoms with E-state index in [9.17, 15) is 4.79 Å². The van der Waals surface area contributed by atoms with Crippen molar-refractivity contribution in [2.75, 3.05) is 6.54 Å². The maximum absolute atomic E-state index is 11.7. The Kier molecular flexibility index (Phi) is 5.30. The molecule has 2 nitrogen and oxygen atoms in total. The first-order valence-corrected chi connectivity index (χ1v) is 6.49. The summed E-state index contributed by atoms with van der Waals surface area (Å²) >= 11 is 0. The average molecular weight is 211 g/mol. The monoisotopic (exact) mass is 211 g/mol. The molecule has 88 valence electrons. The predicted molar refractivity (Wildman–Crippen MR) is 64.0 cm³/mol. The summed E-state index contributed by atoms with van der Waals surface area (Å²) < 4.78 is 0. The molecule has 1 aliphatic rings. The van der Waals surface area contributed by atoms with E-state index in [1.54, 1.807) is 0 Å². The van der Waals surface area contributed by atoms with Crippen LogP contribution in [-0.4, -0.2) is 29.3 Å². The number of carbonyl (C=O) groups excluding carboxylic acids is 1. The van der Waals surface area contributed by atoms with E-state index in [0.29, 0.717) is 18.2 Å². The Morgan fingerprint density at radius 3 is 2.73 bits per heavy atom. The van der Waals surface area contributed by atoms with Gasteiger partial charge < -0.3 is 0 Å². The van der Waals surface area contributed by atoms with Gasteiger partial charge in [0.25, 0.3) is 0 Å². The molecule has 1 rings (SSSR count). The first kappa shape index (κ1) is 12.7. The molecule has 2 unspecified atom stereocenters. The van der Waals surface area contributed by atoms with Gasteiger partial charge in [-0.05, 0) is 32.7 Å². The summed E-state index contributed by atoms with van der Waals surface area (Å²) in [5.41, 5.74) is 0. The van der Waals surface area contributed by atoms with Crippen LogP contribution in [-0.2, 0) is 4.79 Å². The van der Waals surface area contributed by atoms with Crippen LogP contribution in [0.25, 0.3) is 0 Å². The molecule has 0 saturated carbocycles. The van der Waals surface area contributed by atoms with E-state index in [-0.39, 0.29) is 6.04 Å². The minimum absolute atomic E-state index is 0.145. The molecular weight excluding hydrogens is 186 g/mol. The van der Waals surface area contributed by atoms with Crippen LogP contribution in [0.5, 0.6) is 0 Å². The molecule has 15 heavy (non-hydrogen) atoms. The number of carbonyl (C=O) groups is 1. The van der Waals surface area contributed by atoms with Crippen LogP contribution in [0, 0.1) is 0 Å². The molecule has 1 saturated heterocycles. The summed E-state index contributed by atoms with van der Waals surface area (Å²) in [5.74, 6) is 0.401. The zero-order chi connectivity index (χ0) is 11.3. The number of Topliss-reactive ketones (excluding diaryl/α,β-unsaturated/α-hetero) is 1. The molecule has 0 aromatic rings. The van der Waals surface area contributed by atoms with Gasteiger partial charge in [0.1, 0.15) is 5.78 Å². The van der Waals surface area contributed by atoms with Crippen molar-refractivity contribution in [1.82, 2.24) is 4.90 Å². The van der Waals surface area contributed by atoms with Crippen molar-refractivity contribution in [2.24, 2.45) is 0 Å². The van der Waals surface area contributed by atoms with Gasteiger partial charge in [0.2, 0.25) is 0 Å². The number of piperidine rings is 1. The van der Waals surface area contributed by atoms with Crippen molar-refractivity contribution < 1.29 is 4.79 Å². The van der Waals surface area contributed by atoms with E-state index in [0.717, 1.165) is 6.54 Å². The maximum atomic E-state index is 11.7. The summed E-state index contributed by atoms with van der Waals surface area (Å²) in [4.78, 5) is 14.2. The number of likely N-dealkylation sites (tertiary alicyclic amines) is 1. The highest BCUT2D eigenvalue weighted by molar-refractivity contribution is 5.83. The Labute approximate surface area is 94.0 Å². The maximum Gasteiger partial charge on any atom is 0.149 e. The van der Waals surface area contributed by atoms with Gasteiger partial charge in [0.15, 0.2) is 0 Å². The standard InChI is InChI=1S/C13H25NO/c1-4-8-12-9-6-7-10-14(12)11(3)13(15)5-2/h11-12H,4-10H2,1-3H3. The number of ketones is 1. The Morgan fingerprint density at radius 2 is 2.13 bits per heavy atom. The fraction of sp³-hybridized carbons (Fsp3) is 0.923. The van der Waals surface area contributed by atoms with Crippen LogP contribution in [0.1, 0.15) is 59.3 Å². The number of rotatable bonds is 5. The molecule has 0 aromatic carbocycles. The largest absolute Gasteiger partial charge is 0.298 e. The van der Waals surface area contributed by atoms with E-state index in [1.165, 1.54) is 32.1 Å². The number of nitrogens with zero attached hydrogens (tertiary/aromatic N) is 1. The summed E-state index contributed by atoms with van der Waals surface area (Å²) in [5, 5.41) is 0. The summed E-state index contributed by atoms with van der Waals surface area (Å²) in [6, 6.07) is 0.807. The number of hydrogen-bond acceptors (Lipinski definition) is 2. The van der Waals surface area contributed by atoms with Crippen LogP contribution < -0.4 is 0 Å². The second-order valence-corrected chi connectivity index (χ2v) is 4.67. The van der Waals surface area contributed by atoms with Crippen LogP contribution in [0.4, 0.5) is 0 Å². The Bertz CT molecular complexity index is 201. The zero-order valence-corrected chi connectivity index (χ0v) is 10.5. The normalized spacial score (nSPS) is 25.1. The molecule has 0 spiro atoms. The average Bonchev–Trinajstić information content (AvgIpc) is 2.28. The SMILES string of the molecule is CCCC1CCCCN1C(C)C(=O)CC. The Hall–Kier alpha value is -0.370. The van der Waals surface area contributed by atoms with Gasteiger partial charge in [-0.15, -0.1) is 0 Å². The first-order chi connectivity index (χ1) is 7.20. The van der Waals surface area contributed by atoms with Gasteiger partial charge in [-0.25, -0.2) is 0 Å². The van der Waals surface area contributed by atoms with Crippen molar-refractivity contribution >= 4 is 5.78 Å². The molecule has 0 aromatic heterocycles. The van der Waals surface area contributed by atoms with E-state index in [2.05, 4.69) is 18.7 Å². The van der Waals surface area contributed by atoms with Crippen molar-refractivity contribution in [1.29, 1.82) is 0 Å². The molecule has 0 amide bonds. The number of hydrogen-bond donors (Lipinski definition) is 0. The first-order valence-electron chi connectivity index (χ1n) is 6.49. The third kappa shape index (κ3) is 3.30. The molecule has 1 heterocycles. The smallest absolute Gasteiger partial charge is 0.149 e. The molecule has 1 aliphatic heterocycles. The third-order valence-electron chi connectivity index (χ3n) is 3.61. The highest BCUT2D eigenvalue weighted by Gasteiger charge is 2.28. The minimum atomic E-state index is 0.145. The van der Waals surface area contributed by atoms with Gasteiger partial charge in [-0.3, -0.25) is 9.69 Å². The van der Waals surface area contributed by atoms with Crippen LogP contribution >= 0.6 is 0 Å². The minimum Gasteiger partial charge on any atom is -0.298 e.